The fourth-order valence-electron chi connectivity index (χ4n) is 3.15. The van der Waals surface area contributed by atoms with Gasteiger partial charge >= 0.3 is 12.1 Å². The van der Waals surface area contributed by atoms with E-state index in [1.807, 2.05) is 6.07 Å². The Hall–Kier alpha value is -4.47. The molecule has 3 aromatic carbocycles. The number of amides is 1. The highest BCUT2D eigenvalue weighted by Gasteiger charge is 2.38. The summed E-state index contributed by atoms with van der Waals surface area (Å²) in [5, 5.41) is 19.9. The number of carbonyl (C=O) groups is 2. The van der Waals surface area contributed by atoms with E-state index in [4.69, 9.17) is 48.8 Å². The number of benzene rings is 3. The normalized spacial score (nSPS) is 10.8. The number of nitrogen functional groups attached to an aromatic ring is 1. The molecule has 4 rings (SSSR count). The van der Waals surface area contributed by atoms with Crippen LogP contribution in [0.4, 0.5) is 23.2 Å². The van der Waals surface area contributed by atoms with Gasteiger partial charge in [-0.15, -0.1) is 0 Å². The van der Waals surface area contributed by atoms with Gasteiger partial charge in [-0.1, -0.05) is 29.3 Å². The van der Waals surface area contributed by atoms with Crippen LogP contribution in [0.15, 0.2) is 54.6 Å². The van der Waals surface area contributed by atoms with Gasteiger partial charge in [-0.25, -0.2) is 9.18 Å². The number of H-pyrrole nitrogens is 1. The maximum absolute atomic E-state index is 15.1. The van der Waals surface area contributed by atoms with Crippen LogP contribution in [0.2, 0.25) is 10.0 Å². The van der Waals surface area contributed by atoms with Gasteiger partial charge in [-0.2, -0.15) is 18.4 Å². The molecule has 39 heavy (non-hydrogen) atoms. The monoisotopic (exact) mass is 582 g/mol. The number of nitrogens with one attached hydrogen (secondary N) is 2. The number of carbonyl (C=O) groups excluding carboxylic acids is 1. The molecule has 0 spiro atoms. The van der Waals surface area contributed by atoms with Crippen LogP contribution in [-0.4, -0.2) is 28.1 Å². The number of fused-ring (bicyclic) bond motifs is 1. The molecule has 0 fully saturated rings. The van der Waals surface area contributed by atoms with Crippen molar-refractivity contribution in [3.63, 3.8) is 0 Å². The molecule has 0 saturated heterocycles. The number of carboxylic acid groups (broad SMARTS) is 1. The third-order valence-electron chi connectivity index (χ3n) is 4.92. The largest absolute Gasteiger partial charge is 0.490 e. The lowest BCUT2D eigenvalue weighted by molar-refractivity contribution is -0.192. The smallest absolute Gasteiger partial charge is 0.475 e. The minimum absolute atomic E-state index is 0.0317. The molecule has 8 nitrogen and oxygen atoms in total. The lowest BCUT2D eigenvalue weighted by Crippen LogP contribution is -2.23. The van der Waals surface area contributed by atoms with Crippen LogP contribution in [-0.2, 0) is 11.3 Å². The zero-order valence-electron chi connectivity index (χ0n) is 19.4. The highest BCUT2D eigenvalue weighted by molar-refractivity contribution is 6.32. The predicted octanol–water partition coefficient (Wildman–Crippen LogP) is 6.42. The number of halogens is 6. The first kappa shape index (κ1) is 29.1. The number of hydrogen-bond acceptors (Lipinski definition) is 5. The van der Waals surface area contributed by atoms with Gasteiger partial charge in [0.05, 0.1) is 16.7 Å². The van der Waals surface area contributed by atoms with E-state index in [1.165, 1.54) is 30.3 Å². The summed E-state index contributed by atoms with van der Waals surface area (Å²) >= 11 is 12.1. The molecule has 0 aliphatic carbocycles. The van der Waals surface area contributed by atoms with Crippen molar-refractivity contribution >= 4 is 51.7 Å². The summed E-state index contributed by atoms with van der Waals surface area (Å²) in [5.74, 6) is -3.97. The zero-order valence-corrected chi connectivity index (χ0v) is 20.9. The molecule has 0 saturated carbocycles. The summed E-state index contributed by atoms with van der Waals surface area (Å²) in [5.41, 5.74) is 7.85. The Morgan fingerprint density at radius 2 is 1.79 bits per heavy atom. The van der Waals surface area contributed by atoms with Crippen LogP contribution in [0.25, 0.3) is 10.9 Å². The second-order valence-corrected chi connectivity index (χ2v) is 8.60. The van der Waals surface area contributed by atoms with Gasteiger partial charge in [0, 0.05) is 33.7 Å². The molecule has 0 atom stereocenters. The summed E-state index contributed by atoms with van der Waals surface area (Å²) in [7, 11) is 0. The van der Waals surface area contributed by atoms with Crippen molar-refractivity contribution in [2.45, 2.75) is 12.7 Å². The van der Waals surface area contributed by atoms with E-state index in [0.29, 0.717) is 11.4 Å². The number of aromatic nitrogens is 1. The summed E-state index contributed by atoms with van der Waals surface area (Å²) in [4.78, 5) is 24.4. The molecule has 0 unspecified atom stereocenters. The van der Waals surface area contributed by atoms with Crippen LogP contribution in [0, 0.1) is 17.1 Å². The van der Waals surface area contributed by atoms with Gasteiger partial charge in [0.25, 0.3) is 5.91 Å². The van der Waals surface area contributed by atoms with Crippen LogP contribution < -0.4 is 15.8 Å². The number of nitriles is 1. The van der Waals surface area contributed by atoms with Gasteiger partial charge < -0.3 is 25.9 Å². The van der Waals surface area contributed by atoms with E-state index in [-0.39, 0.29) is 39.2 Å². The molecule has 5 N–H and O–H groups in total. The van der Waals surface area contributed by atoms with E-state index < -0.39 is 23.9 Å². The number of carboxylic acids is 1. The maximum atomic E-state index is 15.1. The number of alkyl halides is 3. The van der Waals surface area contributed by atoms with Crippen molar-refractivity contribution in [2.75, 3.05) is 5.73 Å². The van der Waals surface area contributed by atoms with Crippen molar-refractivity contribution < 1.29 is 37.0 Å². The summed E-state index contributed by atoms with van der Waals surface area (Å²) in [6.45, 7) is -0.102. The molecule has 14 heteroatoms. The first-order valence-electron chi connectivity index (χ1n) is 10.6. The fourth-order valence-corrected chi connectivity index (χ4v) is 3.56. The van der Waals surface area contributed by atoms with E-state index in [2.05, 4.69) is 10.3 Å². The summed E-state index contributed by atoms with van der Waals surface area (Å²) < 4.78 is 52.4. The first-order chi connectivity index (χ1) is 18.3. The van der Waals surface area contributed by atoms with Gasteiger partial charge in [0.1, 0.15) is 11.4 Å². The van der Waals surface area contributed by atoms with Gasteiger partial charge in [0.2, 0.25) is 0 Å². The number of nitrogens with zero attached hydrogens (tertiary/aromatic N) is 1. The molecule has 4 aromatic rings. The molecular formula is C25H16Cl2F4N4O4. The van der Waals surface area contributed by atoms with Gasteiger partial charge in [-0.05, 0) is 48.5 Å². The predicted molar refractivity (Wildman–Crippen MR) is 135 cm³/mol. The molecule has 0 aliphatic heterocycles. The third kappa shape index (κ3) is 7.53. The standard InChI is InChI=1S/C23H15Cl2FN4O2.C2HF3O2/c24-15-5-12(10-27)6-17(9-15)32-22-18(25)3-1-13(21(22)26)11-29-23(31)20-8-14-7-16(28)2-4-19(14)30-20;3-2(4,5)1(6)7/h1-9,30H,11,28H2,(H,29,31);(H,6,7). The van der Waals surface area contributed by atoms with Crippen LogP contribution in [0.1, 0.15) is 21.6 Å². The van der Waals surface area contributed by atoms with E-state index in [0.717, 1.165) is 10.9 Å². The molecule has 0 aliphatic rings. The van der Waals surface area contributed by atoms with E-state index in [1.54, 1.807) is 24.3 Å². The van der Waals surface area contributed by atoms with Crippen LogP contribution in [0.5, 0.6) is 11.5 Å². The Bertz CT molecular complexity index is 1600. The Balaban J connectivity index is 0.000000532. The quantitative estimate of drug-likeness (QED) is 0.158. The average Bonchev–Trinajstić information content (AvgIpc) is 3.28. The minimum Gasteiger partial charge on any atom is -0.475 e. The lowest BCUT2D eigenvalue weighted by atomic mass is 10.2. The molecule has 1 aromatic heterocycles. The van der Waals surface area contributed by atoms with E-state index >= 15 is 4.39 Å². The highest BCUT2D eigenvalue weighted by atomic mass is 35.5. The molecular weight excluding hydrogens is 567 g/mol. The minimum atomic E-state index is -5.08. The number of nitrogens with two attached hydrogens (primary N) is 1. The maximum Gasteiger partial charge on any atom is 0.490 e. The van der Waals surface area contributed by atoms with E-state index in [9.17, 15) is 18.0 Å². The Morgan fingerprint density at radius 3 is 2.44 bits per heavy atom. The second kappa shape index (κ2) is 11.9. The molecule has 0 radical (unpaired) electrons. The highest BCUT2D eigenvalue weighted by Crippen LogP contribution is 2.35. The number of aromatic amines is 1. The number of ether oxygens (including phenoxy) is 1. The van der Waals surface area contributed by atoms with Gasteiger partial charge in [-0.3, -0.25) is 4.79 Å². The lowest BCUT2D eigenvalue weighted by Gasteiger charge is -2.13. The Labute approximate surface area is 227 Å². The zero-order chi connectivity index (χ0) is 28.9. The SMILES string of the molecule is N#Cc1cc(Cl)cc(Oc2c(Cl)ccc(CNC(=O)c3cc4cc(N)ccc4[nH]3)c2F)c1.O=C(O)C(F)(F)F. The van der Waals surface area contributed by atoms with Crippen molar-refractivity contribution in [3.8, 4) is 17.6 Å². The average molecular weight is 583 g/mol. The molecule has 1 heterocycles. The number of hydrogen-bond donors (Lipinski definition) is 4. The van der Waals surface area contributed by atoms with Crippen LogP contribution >= 0.6 is 23.2 Å². The van der Waals surface area contributed by atoms with Crippen molar-refractivity contribution in [1.82, 2.24) is 10.3 Å². The number of rotatable bonds is 5. The summed E-state index contributed by atoms with van der Waals surface area (Å²) in [6, 6.07) is 16.1. The van der Waals surface area contributed by atoms with Crippen molar-refractivity contribution in [1.29, 1.82) is 5.26 Å². The molecule has 1 amide bonds. The Kier molecular flexibility index (Phi) is 8.90. The summed E-state index contributed by atoms with van der Waals surface area (Å²) in [6.07, 6.45) is -5.08. The third-order valence-corrected chi connectivity index (χ3v) is 5.44. The topological polar surface area (TPSA) is 141 Å². The van der Waals surface area contributed by atoms with Crippen molar-refractivity contribution in [2.24, 2.45) is 0 Å². The molecule has 0 bridgehead atoms. The number of anilines is 1. The first-order valence-corrected chi connectivity index (χ1v) is 11.4. The Morgan fingerprint density at radius 1 is 1.10 bits per heavy atom. The van der Waals surface area contributed by atoms with Crippen LogP contribution in [0.3, 0.4) is 0 Å². The molecule has 202 valence electrons. The fraction of sp³-hybridized carbons (Fsp3) is 0.0800. The van der Waals surface area contributed by atoms with Gasteiger partial charge in [0.15, 0.2) is 11.6 Å². The second-order valence-electron chi connectivity index (χ2n) is 7.75. The number of aliphatic carboxylic acids is 1. The van der Waals surface area contributed by atoms with Crippen molar-refractivity contribution in [3.05, 3.63) is 87.3 Å².